The van der Waals surface area contributed by atoms with Crippen LogP contribution in [0.1, 0.15) is 19.8 Å². The number of hydrogen-bond donors (Lipinski definition) is 2. The fourth-order valence-electron chi connectivity index (χ4n) is 4.08. The van der Waals surface area contributed by atoms with Gasteiger partial charge in [-0.25, -0.2) is 4.39 Å². The molecule has 32 heavy (non-hydrogen) atoms. The van der Waals surface area contributed by atoms with E-state index in [1.54, 1.807) is 12.1 Å². The van der Waals surface area contributed by atoms with Crippen LogP contribution in [-0.4, -0.2) is 101 Å². The number of anilines is 1. The molecule has 2 saturated heterocycles. The number of para-hydroxylation sites is 1. The molecule has 9 heteroatoms. The van der Waals surface area contributed by atoms with Gasteiger partial charge in [0, 0.05) is 65.4 Å². The number of nitrogens with one attached hydrogen (secondary N) is 2. The molecular formula is C23H40FIN6O. The van der Waals surface area contributed by atoms with E-state index in [0.29, 0.717) is 0 Å². The number of piperazine rings is 1. The van der Waals surface area contributed by atoms with Gasteiger partial charge < -0.3 is 20.3 Å². The highest BCUT2D eigenvalue weighted by molar-refractivity contribution is 14.0. The summed E-state index contributed by atoms with van der Waals surface area (Å²) in [5, 5.41) is 6.80. The number of morpholine rings is 1. The van der Waals surface area contributed by atoms with Crippen molar-refractivity contribution >= 4 is 35.6 Å². The lowest BCUT2D eigenvalue weighted by atomic mass is 10.2. The SMILES string of the molecule is CCNC(=NCCCN1CCOCC1)NCCCN1CCN(c2ccccc2F)CC1.I. The predicted molar refractivity (Wildman–Crippen MR) is 141 cm³/mol. The van der Waals surface area contributed by atoms with Crippen LogP contribution in [0.2, 0.25) is 0 Å². The highest BCUT2D eigenvalue weighted by Crippen LogP contribution is 2.20. The van der Waals surface area contributed by atoms with E-state index in [1.165, 1.54) is 0 Å². The first kappa shape index (κ1) is 27.1. The summed E-state index contributed by atoms with van der Waals surface area (Å²) in [5.74, 6) is 0.786. The Morgan fingerprint density at radius 2 is 1.66 bits per heavy atom. The Morgan fingerprint density at radius 1 is 0.969 bits per heavy atom. The van der Waals surface area contributed by atoms with Crippen LogP contribution >= 0.6 is 24.0 Å². The molecule has 1 aromatic carbocycles. The first-order chi connectivity index (χ1) is 15.3. The van der Waals surface area contributed by atoms with Crippen molar-refractivity contribution in [3.05, 3.63) is 30.1 Å². The Hall–Kier alpha value is -1.17. The smallest absolute Gasteiger partial charge is 0.191 e. The minimum absolute atomic E-state index is 0. The fraction of sp³-hybridized carbons (Fsp3) is 0.696. The normalized spacial score (nSPS) is 18.3. The van der Waals surface area contributed by atoms with Crippen LogP contribution < -0.4 is 15.5 Å². The van der Waals surface area contributed by atoms with Crippen molar-refractivity contribution in [3.8, 4) is 0 Å². The monoisotopic (exact) mass is 562 g/mol. The van der Waals surface area contributed by atoms with Gasteiger partial charge in [-0.1, -0.05) is 12.1 Å². The minimum atomic E-state index is -0.125. The van der Waals surface area contributed by atoms with Gasteiger partial charge in [-0.15, -0.1) is 24.0 Å². The van der Waals surface area contributed by atoms with Crippen LogP contribution in [0.15, 0.2) is 29.3 Å². The number of ether oxygens (including phenoxy) is 1. The summed E-state index contributed by atoms with van der Waals surface area (Å²) in [4.78, 5) is 11.8. The summed E-state index contributed by atoms with van der Waals surface area (Å²) in [7, 11) is 0. The summed E-state index contributed by atoms with van der Waals surface area (Å²) in [5.41, 5.74) is 0.726. The molecule has 2 heterocycles. The third-order valence-electron chi connectivity index (χ3n) is 5.86. The van der Waals surface area contributed by atoms with E-state index in [9.17, 15) is 4.39 Å². The molecule has 7 nitrogen and oxygen atoms in total. The zero-order chi connectivity index (χ0) is 21.7. The van der Waals surface area contributed by atoms with Gasteiger partial charge in [-0.05, 0) is 38.4 Å². The molecule has 0 atom stereocenters. The van der Waals surface area contributed by atoms with Crippen molar-refractivity contribution in [1.82, 2.24) is 20.4 Å². The third kappa shape index (κ3) is 9.36. The molecule has 0 unspecified atom stereocenters. The molecule has 0 bridgehead atoms. The Bertz CT molecular complexity index is 666. The summed E-state index contributed by atoms with van der Waals surface area (Å²) in [6.07, 6.45) is 2.14. The second-order valence-electron chi connectivity index (χ2n) is 8.13. The maximum atomic E-state index is 14.0. The van der Waals surface area contributed by atoms with E-state index in [-0.39, 0.29) is 29.8 Å². The topological polar surface area (TPSA) is 55.4 Å². The minimum Gasteiger partial charge on any atom is -0.379 e. The van der Waals surface area contributed by atoms with Gasteiger partial charge in [-0.2, -0.15) is 0 Å². The second kappa shape index (κ2) is 15.6. The quantitative estimate of drug-likeness (QED) is 0.198. The van der Waals surface area contributed by atoms with E-state index in [1.807, 2.05) is 12.1 Å². The Morgan fingerprint density at radius 3 is 2.38 bits per heavy atom. The first-order valence-electron chi connectivity index (χ1n) is 11.8. The molecule has 2 aliphatic heterocycles. The molecule has 2 aliphatic rings. The molecular weight excluding hydrogens is 522 g/mol. The molecule has 1 aromatic rings. The van der Waals surface area contributed by atoms with Gasteiger partial charge in [-0.3, -0.25) is 14.8 Å². The highest BCUT2D eigenvalue weighted by atomic mass is 127. The number of halogens is 2. The molecule has 0 aromatic heterocycles. The molecule has 0 amide bonds. The van der Waals surface area contributed by atoms with Crippen molar-refractivity contribution in [2.75, 3.05) is 90.1 Å². The third-order valence-corrected chi connectivity index (χ3v) is 5.86. The van der Waals surface area contributed by atoms with Gasteiger partial charge in [0.15, 0.2) is 5.96 Å². The van der Waals surface area contributed by atoms with Crippen molar-refractivity contribution in [2.45, 2.75) is 19.8 Å². The van der Waals surface area contributed by atoms with Crippen LogP contribution in [0.5, 0.6) is 0 Å². The van der Waals surface area contributed by atoms with E-state index in [0.717, 1.165) is 110 Å². The summed E-state index contributed by atoms with van der Waals surface area (Å²) in [6.45, 7) is 14.3. The Balaban J connectivity index is 0.00000363. The average molecular weight is 563 g/mol. The van der Waals surface area contributed by atoms with Crippen LogP contribution in [0.25, 0.3) is 0 Å². The molecule has 0 saturated carbocycles. The lowest BCUT2D eigenvalue weighted by Crippen LogP contribution is -2.47. The molecule has 0 radical (unpaired) electrons. The zero-order valence-corrected chi connectivity index (χ0v) is 21.7. The predicted octanol–water partition coefficient (Wildman–Crippen LogP) is 2.23. The molecule has 0 aliphatic carbocycles. The molecule has 2 N–H and O–H groups in total. The Labute approximate surface area is 209 Å². The molecule has 182 valence electrons. The van der Waals surface area contributed by atoms with Gasteiger partial charge >= 0.3 is 0 Å². The van der Waals surface area contributed by atoms with E-state index >= 15 is 0 Å². The van der Waals surface area contributed by atoms with E-state index in [2.05, 4.69) is 32.3 Å². The van der Waals surface area contributed by atoms with E-state index < -0.39 is 0 Å². The summed E-state index contributed by atoms with van der Waals surface area (Å²) < 4.78 is 19.4. The van der Waals surface area contributed by atoms with E-state index in [4.69, 9.17) is 9.73 Å². The number of nitrogens with zero attached hydrogens (tertiary/aromatic N) is 4. The van der Waals surface area contributed by atoms with Crippen LogP contribution in [0, 0.1) is 5.82 Å². The Kier molecular flexibility index (Phi) is 13.2. The standard InChI is InChI=1S/C23H39FN6O.HI/c1-2-25-23(27-10-6-12-29-17-19-31-20-18-29)26-9-5-11-28-13-15-30(16-14-28)22-8-4-3-7-21(22)24;/h3-4,7-8H,2,5-6,9-20H2,1H3,(H2,25,26,27);1H. The maximum absolute atomic E-state index is 14.0. The largest absolute Gasteiger partial charge is 0.379 e. The number of aliphatic imine (C=N–C) groups is 1. The maximum Gasteiger partial charge on any atom is 0.191 e. The zero-order valence-electron chi connectivity index (χ0n) is 19.4. The van der Waals surface area contributed by atoms with Crippen LogP contribution in [-0.2, 0) is 4.74 Å². The molecule has 2 fully saturated rings. The number of guanidine groups is 1. The number of benzene rings is 1. The lowest BCUT2D eigenvalue weighted by Gasteiger charge is -2.36. The molecule has 3 rings (SSSR count). The first-order valence-corrected chi connectivity index (χ1v) is 11.8. The average Bonchev–Trinajstić information content (AvgIpc) is 2.81. The summed E-state index contributed by atoms with van der Waals surface area (Å²) >= 11 is 0. The van der Waals surface area contributed by atoms with Crippen LogP contribution in [0.4, 0.5) is 10.1 Å². The van der Waals surface area contributed by atoms with Crippen molar-refractivity contribution in [2.24, 2.45) is 4.99 Å². The fourth-order valence-corrected chi connectivity index (χ4v) is 4.08. The van der Waals surface area contributed by atoms with Crippen LogP contribution in [0.3, 0.4) is 0 Å². The van der Waals surface area contributed by atoms with Gasteiger partial charge in [0.05, 0.1) is 18.9 Å². The van der Waals surface area contributed by atoms with Gasteiger partial charge in [0.2, 0.25) is 0 Å². The second-order valence-corrected chi connectivity index (χ2v) is 8.13. The lowest BCUT2D eigenvalue weighted by molar-refractivity contribution is 0.0377. The van der Waals surface area contributed by atoms with Gasteiger partial charge in [0.25, 0.3) is 0 Å². The summed E-state index contributed by atoms with van der Waals surface area (Å²) in [6, 6.07) is 7.07. The van der Waals surface area contributed by atoms with Crippen molar-refractivity contribution in [3.63, 3.8) is 0 Å². The number of rotatable bonds is 10. The molecule has 0 spiro atoms. The number of hydrogen-bond acceptors (Lipinski definition) is 5. The van der Waals surface area contributed by atoms with Gasteiger partial charge in [0.1, 0.15) is 5.82 Å². The van der Waals surface area contributed by atoms with Crippen molar-refractivity contribution in [1.29, 1.82) is 0 Å². The van der Waals surface area contributed by atoms with Crippen molar-refractivity contribution < 1.29 is 9.13 Å². The highest BCUT2D eigenvalue weighted by Gasteiger charge is 2.18.